The number of nitro groups is 1. The standard InChI is InChI=1S/C14H12ClN3O2S/c15-10-6-5-9(7-12(10)18(19)20)8-16-14-17-11-3-1-2-4-13(11)21-14/h5-8H,1-4H2. The Hall–Kier alpha value is -1.79. The van der Waals surface area contributed by atoms with Crippen molar-refractivity contribution in [3.05, 3.63) is 49.5 Å². The van der Waals surface area contributed by atoms with Crippen LogP contribution in [-0.2, 0) is 12.8 Å². The summed E-state index contributed by atoms with van der Waals surface area (Å²) in [6.45, 7) is 0. The van der Waals surface area contributed by atoms with Gasteiger partial charge in [-0.15, -0.1) is 0 Å². The number of benzene rings is 1. The van der Waals surface area contributed by atoms with Gasteiger partial charge in [0.1, 0.15) is 5.02 Å². The number of rotatable bonds is 3. The maximum absolute atomic E-state index is 10.8. The number of aryl methyl sites for hydroxylation is 2. The molecule has 0 N–H and O–H groups in total. The average Bonchev–Trinajstić information content (AvgIpc) is 2.89. The third kappa shape index (κ3) is 3.11. The predicted molar refractivity (Wildman–Crippen MR) is 84.1 cm³/mol. The number of halogens is 1. The SMILES string of the molecule is O=[N+]([O-])c1cc(C=Nc2nc3c(s2)CCCC3)ccc1Cl. The summed E-state index contributed by atoms with van der Waals surface area (Å²) in [7, 11) is 0. The van der Waals surface area contributed by atoms with Crippen LogP contribution in [-0.4, -0.2) is 16.1 Å². The Labute approximate surface area is 130 Å². The monoisotopic (exact) mass is 321 g/mol. The quantitative estimate of drug-likeness (QED) is 0.480. The smallest absolute Gasteiger partial charge is 0.258 e. The molecule has 1 aromatic carbocycles. The molecule has 0 saturated heterocycles. The van der Waals surface area contributed by atoms with Crippen molar-refractivity contribution >= 4 is 40.0 Å². The summed E-state index contributed by atoms with van der Waals surface area (Å²) in [6, 6.07) is 4.62. The number of aliphatic imine (C=N–C) groups is 1. The summed E-state index contributed by atoms with van der Waals surface area (Å²) in [5.41, 5.74) is 1.68. The number of hydrogen-bond acceptors (Lipinski definition) is 5. The van der Waals surface area contributed by atoms with Crippen molar-refractivity contribution in [3.8, 4) is 0 Å². The highest BCUT2D eigenvalue weighted by Crippen LogP contribution is 2.31. The normalized spacial score (nSPS) is 14.3. The zero-order valence-corrected chi connectivity index (χ0v) is 12.7. The van der Waals surface area contributed by atoms with Crippen LogP contribution in [0.5, 0.6) is 0 Å². The van der Waals surface area contributed by atoms with Crippen LogP contribution in [0.1, 0.15) is 29.0 Å². The van der Waals surface area contributed by atoms with Gasteiger partial charge in [-0.3, -0.25) is 10.1 Å². The van der Waals surface area contributed by atoms with Crippen molar-refractivity contribution in [1.29, 1.82) is 0 Å². The van der Waals surface area contributed by atoms with E-state index in [0.29, 0.717) is 10.7 Å². The van der Waals surface area contributed by atoms with Crippen LogP contribution < -0.4 is 0 Å². The first kappa shape index (κ1) is 14.2. The fourth-order valence-electron chi connectivity index (χ4n) is 2.27. The number of aromatic nitrogens is 1. The van der Waals surface area contributed by atoms with Gasteiger partial charge in [-0.25, -0.2) is 9.98 Å². The molecular weight excluding hydrogens is 310 g/mol. The molecule has 0 amide bonds. The molecule has 108 valence electrons. The summed E-state index contributed by atoms with van der Waals surface area (Å²) in [4.78, 5) is 20.5. The maximum Gasteiger partial charge on any atom is 0.288 e. The molecule has 21 heavy (non-hydrogen) atoms. The Balaban J connectivity index is 1.84. The predicted octanol–water partition coefficient (Wildman–Crippen LogP) is 4.33. The molecule has 0 aliphatic heterocycles. The molecule has 0 unspecified atom stereocenters. The second-order valence-electron chi connectivity index (χ2n) is 4.80. The molecule has 1 aliphatic carbocycles. The van der Waals surface area contributed by atoms with E-state index in [1.54, 1.807) is 23.6 Å². The van der Waals surface area contributed by atoms with Crippen LogP contribution in [0.4, 0.5) is 10.8 Å². The van der Waals surface area contributed by atoms with Crippen molar-refractivity contribution in [2.45, 2.75) is 25.7 Å². The molecule has 2 aromatic rings. The molecule has 0 spiro atoms. The first-order chi connectivity index (χ1) is 10.1. The van der Waals surface area contributed by atoms with E-state index in [2.05, 4.69) is 9.98 Å². The van der Waals surface area contributed by atoms with E-state index in [4.69, 9.17) is 11.6 Å². The summed E-state index contributed by atoms with van der Waals surface area (Å²) >= 11 is 7.38. The number of nitrogens with zero attached hydrogens (tertiary/aromatic N) is 3. The van der Waals surface area contributed by atoms with Crippen LogP contribution in [0.15, 0.2) is 23.2 Å². The summed E-state index contributed by atoms with van der Waals surface area (Å²) < 4.78 is 0. The first-order valence-corrected chi connectivity index (χ1v) is 7.79. The Morgan fingerprint density at radius 1 is 1.38 bits per heavy atom. The maximum atomic E-state index is 10.8. The summed E-state index contributed by atoms with van der Waals surface area (Å²) in [5.74, 6) is 0. The van der Waals surface area contributed by atoms with Gasteiger partial charge in [-0.1, -0.05) is 29.0 Å². The lowest BCUT2D eigenvalue weighted by molar-refractivity contribution is -0.384. The van der Waals surface area contributed by atoms with E-state index in [9.17, 15) is 10.1 Å². The molecule has 7 heteroatoms. The fourth-order valence-corrected chi connectivity index (χ4v) is 3.45. The molecule has 0 fully saturated rings. The Kier molecular flexibility index (Phi) is 3.98. The molecule has 0 radical (unpaired) electrons. The van der Waals surface area contributed by atoms with Gasteiger partial charge in [0.05, 0.1) is 10.6 Å². The zero-order chi connectivity index (χ0) is 14.8. The average molecular weight is 322 g/mol. The molecular formula is C14H12ClN3O2S. The number of fused-ring (bicyclic) bond motifs is 1. The highest BCUT2D eigenvalue weighted by Gasteiger charge is 2.15. The highest BCUT2D eigenvalue weighted by atomic mass is 35.5. The third-order valence-electron chi connectivity index (χ3n) is 3.33. The molecule has 5 nitrogen and oxygen atoms in total. The van der Waals surface area contributed by atoms with Crippen molar-refractivity contribution in [3.63, 3.8) is 0 Å². The van der Waals surface area contributed by atoms with Gasteiger partial charge >= 0.3 is 0 Å². The minimum atomic E-state index is -0.498. The molecule has 0 saturated carbocycles. The van der Waals surface area contributed by atoms with Crippen LogP contribution in [0.3, 0.4) is 0 Å². The van der Waals surface area contributed by atoms with Crippen LogP contribution in [0, 0.1) is 10.1 Å². The molecule has 1 aromatic heterocycles. The third-order valence-corrected chi connectivity index (χ3v) is 4.71. The molecule has 1 heterocycles. The van der Waals surface area contributed by atoms with Gasteiger partial charge in [0, 0.05) is 17.2 Å². The second kappa shape index (κ2) is 5.91. The van der Waals surface area contributed by atoms with E-state index in [0.717, 1.165) is 18.5 Å². The molecule has 3 rings (SSSR count). The van der Waals surface area contributed by atoms with Crippen molar-refractivity contribution in [1.82, 2.24) is 4.98 Å². The lowest BCUT2D eigenvalue weighted by Crippen LogP contribution is -1.98. The van der Waals surface area contributed by atoms with Gasteiger partial charge in [0.2, 0.25) is 5.13 Å². The lowest BCUT2D eigenvalue weighted by atomic mass is 10.0. The molecule has 0 atom stereocenters. The topological polar surface area (TPSA) is 68.4 Å². The summed E-state index contributed by atoms with van der Waals surface area (Å²) in [6.07, 6.45) is 6.08. The van der Waals surface area contributed by atoms with Gasteiger partial charge in [0.25, 0.3) is 5.69 Å². The first-order valence-electron chi connectivity index (χ1n) is 6.60. The van der Waals surface area contributed by atoms with E-state index >= 15 is 0 Å². The van der Waals surface area contributed by atoms with E-state index < -0.39 is 4.92 Å². The van der Waals surface area contributed by atoms with E-state index in [-0.39, 0.29) is 10.7 Å². The summed E-state index contributed by atoms with van der Waals surface area (Å²) in [5, 5.41) is 11.7. The Morgan fingerprint density at radius 2 is 2.19 bits per heavy atom. The lowest BCUT2D eigenvalue weighted by Gasteiger charge is -2.06. The second-order valence-corrected chi connectivity index (χ2v) is 6.27. The zero-order valence-electron chi connectivity index (χ0n) is 11.1. The van der Waals surface area contributed by atoms with Crippen LogP contribution in [0.25, 0.3) is 0 Å². The Morgan fingerprint density at radius 3 is 2.95 bits per heavy atom. The van der Waals surface area contributed by atoms with Crippen molar-refractivity contribution in [2.24, 2.45) is 4.99 Å². The van der Waals surface area contributed by atoms with E-state index in [1.807, 2.05) is 0 Å². The van der Waals surface area contributed by atoms with E-state index in [1.165, 1.54) is 29.9 Å². The van der Waals surface area contributed by atoms with Gasteiger partial charge < -0.3 is 0 Å². The van der Waals surface area contributed by atoms with Crippen LogP contribution in [0.2, 0.25) is 5.02 Å². The van der Waals surface area contributed by atoms with Gasteiger partial charge in [0.15, 0.2) is 0 Å². The van der Waals surface area contributed by atoms with Gasteiger partial charge in [-0.05, 0) is 37.3 Å². The largest absolute Gasteiger partial charge is 0.288 e. The van der Waals surface area contributed by atoms with Gasteiger partial charge in [-0.2, -0.15) is 0 Å². The Bertz CT molecular complexity index is 704. The number of hydrogen-bond donors (Lipinski definition) is 0. The number of thiazole rings is 1. The number of nitro benzene ring substituents is 1. The molecule has 1 aliphatic rings. The fraction of sp³-hybridized carbons (Fsp3) is 0.286. The molecule has 0 bridgehead atoms. The van der Waals surface area contributed by atoms with Crippen molar-refractivity contribution in [2.75, 3.05) is 0 Å². The van der Waals surface area contributed by atoms with Crippen LogP contribution >= 0.6 is 22.9 Å². The minimum absolute atomic E-state index is 0.112. The highest BCUT2D eigenvalue weighted by molar-refractivity contribution is 7.15. The minimum Gasteiger partial charge on any atom is -0.258 e. The van der Waals surface area contributed by atoms with Crippen molar-refractivity contribution < 1.29 is 4.92 Å².